The van der Waals surface area contributed by atoms with Crippen molar-refractivity contribution in [1.29, 1.82) is 0 Å². The zero-order valence-electron chi connectivity index (χ0n) is 23.5. The minimum atomic E-state index is -4.75. The van der Waals surface area contributed by atoms with Gasteiger partial charge in [0.1, 0.15) is 17.6 Å². The number of aromatic nitrogens is 4. The van der Waals surface area contributed by atoms with Gasteiger partial charge in [0.2, 0.25) is 15.9 Å². The summed E-state index contributed by atoms with van der Waals surface area (Å²) in [7, 11) is -2.67. The van der Waals surface area contributed by atoms with Gasteiger partial charge in [0, 0.05) is 27.9 Å². The number of halogens is 5. The second-order valence-corrected chi connectivity index (χ2v) is 11.7. The number of hydrogen-bond acceptors (Lipinski definition) is 8. The molecule has 0 aliphatic carbocycles. The van der Waals surface area contributed by atoms with Crippen molar-refractivity contribution in [3.8, 4) is 22.6 Å². The van der Waals surface area contributed by atoms with E-state index in [-0.39, 0.29) is 39.7 Å². The molecular formula is C27H23ClF4N6O6S. The summed E-state index contributed by atoms with van der Waals surface area (Å²) in [6.45, 7) is 1.61. The van der Waals surface area contributed by atoms with E-state index < -0.39 is 56.7 Å². The van der Waals surface area contributed by atoms with Gasteiger partial charge in [-0.05, 0) is 42.8 Å². The van der Waals surface area contributed by atoms with Crippen LogP contribution in [0.5, 0.6) is 5.75 Å². The molecule has 0 aliphatic rings. The topological polar surface area (TPSA) is 154 Å². The van der Waals surface area contributed by atoms with Crippen molar-refractivity contribution < 1.29 is 40.3 Å². The van der Waals surface area contributed by atoms with Crippen molar-refractivity contribution in [2.45, 2.75) is 25.6 Å². The first-order valence-corrected chi connectivity index (χ1v) is 15.0. The minimum absolute atomic E-state index is 0.0489. The molecule has 2 heterocycles. The second kappa shape index (κ2) is 12.7. The fourth-order valence-corrected chi connectivity index (χ4v) is 4.93. The smallest absolute Gasteiger partial charge is 0.436 e. The number of sulfonamides is 1. The molecule has 0 unspecified atom stereocenters. The Morgan fingerprint density at radius 2 is 1.80 bits per heavy atom. The van der Waals surface area contributed by atoms with Crippen LogP contribution in [0, 0.1) is 5.82 Å². The molecule has 2 aromatic carbocycles. The number of benzene rings is 2. The highest BCUT2D eigenvalue weighted by Crippen LogP contribution is 2.36. The molecule has 0 spiro atoms. The first-order valence-electron chi connectivity index (χ1n) is 12.7. The Labute approximate surface area is 257 Å². The van der Waals surface area contributed by atoms with Crippen LogP contribution >= 0.6 is 11.6 Å². The van der Waals surface area contributed by atoms with Gasteiger partial charge < -0.3 is 10.1 Å². The molecule has 238 valence electrons. The van der Waals surface area contributed by atoms with E-state index in [9.17, 15) is 40.4 Å². The number of methoxy groups -OCH3 is 1. The SMILES string of the molecule is CC[C@@H](C(=O)Nc1ccc(C(=O)NS(C)(=O)=O)c(F)c1)n1cc(OC)c(-c2cc(Cl)ccc2-n2cc(C(F)(F)F)nn2)cc1=O. The zero-order valence-corrected chi connectivity index (χ0v) is 25.1. The highest BCUT2D eigenvalue weighted by Gasteiger charge is 2.35. The summed E-state index contributed by atoms with van der Waals surface area (Å²) in [5, 5.41) is 9.36. The molecular weight excluding hydrogens is 648 g/mol. The lowest BCUT2D eigenvalue weighted by Gasteiger charge is -2.21. The Morgan fingerprint density at radius 1 is 1.09 bits per heavy atom. The summed E-state index contributed by atoms with van der Waals surface area (Å²) < 4.78 is 85.7. The van der Waals surface area contributed by atoms with Crippen LogP contribution < -0.4 is 20.3 Å². The van der Waals surface area contributed by atoms with Crippen LogP contribution in [0.1, 0.15) is 35.4 Å². The molecule has 0 radical (unpaired) electrons. The van der Waals surface area contributed by atoms with Crippen LogP contribution in [0.15, 0.2) is 59.7 Å². The number of anilines is 1. The molecule has 2 N–H and O–H groups in total. The summed E-state index contributed by atoms with van der Waals surface area (Å²) in [5.41, 5.74) is -2.21. The zero-order chi connectivity index (χ0) is 33.3. The van der Waals surface area contributed by atoms with Gasteiger partial charge in [0.15, 0.2) is 5.69 Å². The van der Waals surface area contributed by atoms with Gasteiger partial charge in [0.05, 0.1) is 37.0 Å². The van der Waals surface area contributed by atoms with E-state index in [0.29, 0.717) is 6.20 Å². The quantitative estimate of drug-likeness (QED) is 0.251. The third kappa shape index (κ3) is 7.49. The van der Waals surface area contributed by atoms with Crippen molar-refractivity contribution in [2.75, 3.05) is 18.7 Å². The molecule has 0 saturated carbocycles. The fraction of sp³-hybridized carbons (Fsp3) is 0.222. The third-order valence-corrected chi connectivity index (χ3v) is 7.12. The Kier molecular flexibility index (Phi) is 9.34. The number of rotatable bonds is 9. The third-order valence-electron chi connectivity index (χ3n) is 6.33. The molecule has 2 amide bonds. The van der Waals surface area contributed by atoms with Gasteiger partial charge >= 0.3 is 6.18 Å². The molecule has 2 aromatic heterocycles. The van der Waals surface area contributed by atoms with Gasteiger partial charge in [-0.1, -0.05) is 23.7 Å². The Bertz CT molecular complexity index is 1960. The number of ether oxygens (including phenoxy) is 1. The lowest BCUT2D eigenvalue weighted by atomic mass is 10.0. The normalized spacial score (nSPS) is 12.4. The molecule has 0 saturated heterocycles. The summed E-state index contributed by atoms with van der Waals surface area (Å²) in [6, 6.07) is 7.11. The summed E-state index contributed by atoms with van der Waals surface area (Å²) in [4.78, 5) is 38.6. The average Bonchev–Trinajstić information content (AvgIpc) is 3.44. The Morgan fingerprint density at radius 3 is 2.38 bits per heavy atom. The maximum Gasteiger partial charge on any atom is 0.436 e. The second-order valence-electron chi connectivity index (χ2n) is 9.52. The summed E-state index contributed by atoms with van der Waals surface area (Å²) in [6.07, 6.45) is -2.04. The first kappa shape index (κ1) is 33.1. The molecule has 45 heavy (non-hydrogen) atoms. The highest BCUT2D eigenvalue weighted by atomic mass is 35.5. The number of alkyl halides is 3. The predicted octanol–water partition coefficient (Wildman–Crippen LogP) is 4.20. The Balaban J connectivity index is 1.68. The largest absolute Gasteiger partial charge is 0.495 e. The van der Waals surface area contributed by atoms with E-state index in [1.165, 1.54) is 37.6 Å². The van der Waals surface area contributed by atoms with Gasteiger partial charge in [0.25, 0.3) is 11.5 Å². The minimum Gasteiger partial charge on any atom is -0.495 e. The molecule has 1 atom stereocenters. The van der Waals surface area contributed by atoms with E-state index in [1.54, 1.807) is 11.6 Å². The number of hydrogen-bond donors (Lipinski definition) is 2. The monoisotopic (exact) mass is 670 g/mol. The number of pyridine rings is 1. The van der Waals surface area contributed by atoms with Gasteiger partial charge in [-0.3, -0.25) is 19.0 Å². The van der Waals surface area contributed by atoms with Crippen LogP contribution in [-0.2, 0) is 21.0 Å². The lowest BCUT2D eigenvalue weighted by molar-refractivity contribution is -0.141. The number of nitrogens with zero attached hydrogens (tertiary/aromatic N) is 4. The van der Waals surface area contributed by atoms with Gasteiger partial charge in [-0.25, -0.2) is 22.2 Å². The number of carbonyl (C=O) groups excluding carboxylic acids is 2. The van der Waals surface area contributed by atoms with E-state index in [0.717, 1.165) is 33.7 Å². The van der Waals surface area contributed by atoms with Gasteiger partial charge in [-0.2, -0.15) is 13.2 Å². The van der Waals surface area contributed by atoms with Crippen LogP contribution in [-0.4, -0.2) is 53.2 Å². The summed E-state index contributed by atoms with van der Waals surface area (Å²) >= 11 is 6.18. The van der Waals surface area contributed by atoms with E-state index in [4.69, 9.17) is 16.3 Å². The molecule has 0 fully saturated rings. The summed E-state index contributed by atoms with van der Waals surface area (Å²) in [5.74, 6) is -3.01. The van der Waals surface area contributed by atoms with E-state index in [1.807, 2.05) is 0 Å². The van der Waals surface area contributed by atoms with Crippen molar-refractivity contribution in [3.63, 3.8) is 0 Å². The molecule has 18 heteroatoms. The fourth-order valence-electron chi connectivity index (χ4n) is 4.31. The molecule has 0 aliphatic heterocycles. The van der Waals surface area contributed by atoms with Crippen molar-refractivity contribution in [1.82, 2.24) is 24.3 Å². The first-order chi connectivity index (χ1) is 21.0. The molecule has 12 nitrogen and oxygen atoms in total. The number of amides is 2. The maximum atomic E-state index is 14.6. The van der Waals surface area contributed by atoms with Crippen molar-refractivity contribution in [3.05, 3.63) is 87.3 Å². The van der Waals surface area contributed by atoms with E-state index in [2.05, 4.69) is 15.6 Å². The van der Waals surface area contributed by atoms with Gasteiger partial charge in [-0.15, -0.1) is 5.10 Å². The predicted molar refractivity (Wildman–Crippen MR) is 154 cm³/mol. The van der Waals surface area contributed by atoms with E-state index >= 15 is 0 Å². The maximum absolute atomic E-state index is 14.6. The highest BCUT2D eigenvalue weighted by molar-refractivity contribution is 7.89. The molecule has 4 rings (SSSR count). The van der Waals surface area contributed by atoms with Crippen LogP contribution in [0.25, 0.3) is 16.8 Å². The van der Waals surface area contributed by atoms with Crippen LogP contribution in [0.2, 0.25) is 5.02 Å². The van der Waals surface area contributed by atoms with Crippen molar-refractivity contribution >= 4 is 39.1 Å². The van der Waals surface area contributed by atoms with Crippen molar-refractivity contribution in [2.24, 2.45) is 0 Å². The number of carbonyl (C=O) groups is 2. The van der Waals surface area contributed by atoms with Crippen LogP contribution in [0.3, 0.4) is 0 Å². The lowest BCUT2D eigenvalue weighted by Crippen LogP contribution is -2.33. The number of nitrogens with one attached hydrogen (secondary N) is 2. The average molecular weight is 671 g/mol. The molecule has 4 aromatic rings. The molecule has 0 bridgehead atoms. The van der Waals surface area contributed by atoms with Crippen LogP contribution in [0.4, 0.5) is 23.2 Å². The Hall–Kier alpha value is -4.77. The standard InChI is InChI=1S/C27H23ClF4N6O6S/c1-4-20(26(41)33-15-6-7-16(19(29)10-15)25(40)35-45(3,42)43)37-12-22(44-2)18(11-24(37)39)17-9-14(28)5-8-21(17)38-13-23(34-36-38)27(30,31)32/h5-13,20H,4H2,1-3H3,(H,33,41)(H,35,40)/t20-/m0/s1.